The zero-order valence-electron chi connectivity index (χ0n) is 16.3. The van der Waals surface area contributed by atoms with Crippen LogP contribution in [0.1, 0.15) is 25.7 Å². The van der Waals surface area contributed by atoms with Gasteiger partial charge in [0.2, 0.25) is 5.91 Å². The van der Waals surface area contributed by atoms with Crippen molar-refractivity contribution in [2.24, 2.45) is 0 Å². The number of carbonyl (C=O) groups is 2. The molecule has 1 aromatic rings. The van der Waals surface area contributed by atoms with Crippen LogP contribution in [0.2, 0.25) is 0 Å². The molecule has 2 heterocycles. The van der Waals surface area contributed by atoms with Crippen LogP contribution in [0.5, 0.6) is 5.75 Å². The molecule has 3 atom stereocenters. The molecule has 2 fully saturated rings. The van der Waals surface area contributed by atoms with E-state index < -0.39 is 6.04 Å². The predicted molar refractivity (Wildman–Crippen MR) is 115 cm³/mol. The fourth-order valence-electron chi connectivity index (χ4n) is 3.76. The monoisotopic (exact) mass is 427 g/mol. The summed E-state index contributed by atoms with van der Waals surface area (Å²) in [6.07, 6.45) is 5.96. The Morgan fingerprint density at radius 1 is 1.25 bits per heavy atom. The van der Waals surface area contributed by atoms with Crippen LogP contribution >= 0.6 is 24.2 Å². The Morgan fingerprint density at radius 3 is 2.75 bits per heavy atom. The van der Waals surface area contributed by atoms with Gasteiger partial charge in [0.1, 0.15) is 11.8 Å². The van der Waals surface area contributed by atoms with E-state index in [0.717, 1.165) is 31.7 Å². The summed E-state index contributed by atoms with van der Waals surface area (Å²) in [4.78, 5) is 27.4. The maximum Gasteiger partial charge on any atom is 0.258 e. The average Bonchev–Trinajstić information content (AvgIpc) is 3.02. The molecule has 0 aliphatic carbocycles. The van der Waals surface area contributed by atoms with Gasteiger partial charge in [0.05, 0.1) is 0 Å². The Kier molecular flexibility index (Phi) is 9.41. The van der Waals surface area contributed by atoms with Crippen molar-refractivity contribution < 1.29 is 14.3 Å². The SMILES string of the molecule is CSCCC(NC(=O)COc1ccccc1)C(=O)N1CCC2CCC(C1)N2.Cl. The van der Waals surface area contributed by atoms with Gasteiger partial charge in [0.15, 0.2) is 6.61 Å². The highest BCUT2D eigenvalue weighted by Crippen LogP contribution is 2.21. The summed E-state index contributed by atoms with van der Waals surface area (Å²) >= 11 is 1.68. The first-order chi connectivity index (χ1) is 13.2. The molecule has 2 bridgehead atoms. The molecule has 2 N–H and O–H groups in total. The minimum Gasteiger partial charge on any atom is -0.484 e. The highest BCUT2D eigenvalue weighted by molar-refractivity contribution is 7.98. The first-order valence-corrected chi connectivity index (χ1v) is 11.1. The molecule has 0 aromatic heterocycles. The maximum absolute atomic E-state index is 13.1. The first-order valence-electron chi connectivity index (χ1n) is 9.66. The number of hydrogen-bond acceptors (Lipinski definition) is 5. The molecule has 1 aromatic carbocycles. The second kappa shape index (κ2) is 11.5. The number of thioether (sulfide) groups is 1. The fraction of sp³-hybridized carbons (Fsp3) is 0.600. The van der Waals surface area contributed by atoms with Gasteiger partial charge in [-0.3, -0.25) is 9.59 Å². The number of para-hydroxylation sites is 1. The molecular weight excluding hydrogens is 398 g/mol. The number of fused-ring (bicyclic) bond motifs is 2. The van der Waals surface area contributed by atoms with E-state index in [4.69, 9.17) is 4.74 Å². The van der Waals surface area contributed by atoms with Gasteiger partial charge in [-0.15, -0.1) is 12.4 Å². The Balaban J connectivity index is 0.00000280. The Labute approximate surface area is 177 Å². The molecule has 3 rings (SSSR count). The van der Waals surface area contributed by atoms with Gasteiger partial charge in [0.25, 0.3) is 5.91 Å². The zero-order chi connectivity index (χ0) is 19.1. The minimum atomic E-state index is -0.485. The van der Waals surface area contributed by atoms with E-state index in [1.165, 1.54) is 6.42 Å². The number of carbonyl (C=O) groups excluding carboxylic acids is 2. The molecule has 0 saturated carbocycles. The summed E-state index contributed by atoms with van der Waals surface area (Å²) in [6, 6.07) is 9.67. The first kappa shape index (κ1) is 22.8. The van der Waals surface area contributed by atoms with E-state index in [1.54, 1.807) is 11.8 Å². The molecule has 2 amide bonds. The van der Waals surface area contributed by atoms with Crippen LogP contribution in [0, 0.1) is 0 Å². The lowest BCUT2D eigenvalue weighted by Crippen LogP contribution is -2.51. The van der Waals surface area contributed by atoms with Crippen molar-refractivity contribution in [3.8, 4) is 5.75 Å². The van der Waals surface area contributed by atoms with E-state index in [0.29, 0.717) is 24.3 Å². The van der Waals surface area contributed by atoms with Crippen LogP contribution < -0.4 is 15.4 Å². The molecule has 28 heavy (non-hydrogen) atoms. The molecule has 0 spiro atoms. The molecule has 156 valence electrons. The lowest BCUT2D eigenvalue weighted by atomic mass is 10.1. The number of ether oxygens (including phenoxy) is 1. The van der Waals surface area contributed by atoms with E-state index in [-0.39, 0.29) is 30.8 Å². The Hall–Kier alpha value is -1.44. The third-order valence-electron chi connectivity index (χ3n) is 5.19. The van der Waals surface area contributed by atoms with Crippen molar-refractivity contribution in [2.45, 2.75) is 43.8 Å². The number of likely N-dealkylation sites (tertiary alicyclic amines) is 1. The van der Waals surface area contributed by atoms with Gasteiger partial charge in [-0.25, -0.2) is 0 Å². The Bertz CT molecular complexity index is 634. The summed E-state index contributed by atoms with van der Waals surface area (Å²) in [5, 5.41) is 6.49. The van der Waals surface area contributed by atoms with Crippen molar-refractivity contribution in [3.05, 3.63) is 30.3 Å². The topological polar surface area (TPSA) is 70.7 Å². The van der Waals surface area contributed by atoms with E-state index in [2.05, 4.69) is 10.6 Å². The number of halogens is 1. The second-order valence-electron chi connectivity index (χ2n) is 7.21. The standard InChI is InChI=1S/C20H29N3O3S.ClH/c1-27-12-10-18(22-19(24)14-26-17-5-3-2-4-6-17)20(25)23-11-9-15-7-8-16(13-23)21-15;/h2-6,15-16,18,21H,7-14H2,1H3,(H,22,24);1H. The summed E-state index contributed by atoms with van der Waals surface area (Å²) in [7, 11) is 0. The van der Waals surface area contributed by atoms with Crippen LogP contribution in [0.15, 0.2) is 30.3 Å². The molecule has 0 radical (unpaired) electrons. The molecule has 2 saturated heterocycles. The average molecular weight is 428 g/mol. The van der Waals surface area contributed by atoms with Crippen LogP contribution in [0.4, 0.5) is 0 Å². The number of hydrogen-bond donors (Lipinski definition) is 2. The van der Waals surface area contributed by atoms with Crippen molar-refractivity contribution in [3.63, 3.8) is 0 Å². The lowest BCUT2D eigenvalue weighted by molar-refractivity contribution is -0.137. The minimum absolute atomic E-state index is 0. The number of nitrogens with zero attached hydrogens (tertiary/aromatic N) is 1. The quantitative estimate of drug-likeness (QED) is 0.664. The zero-order valence-corrected chi connectivity index (χ0v) is 17.9. The highest BCUT2D eigenvalue weighted by Gasteiger charge is 2.33. The maximum atomic E-state index is 13.1. The van der Waals surface area contributed by atoms with Gasteiger partial charge in [-0.2, -0.15) is 11.8 Å². The van der Waals surface area contributed by atoms with Crippen LogP contribution in [-0.4, -0.2) is 66.5 Å². The summed E-state index contributed by atoms with van der Waals surface area (Å²) < 4.78 is 5.51. The number of rotatable bonds is 8. The number of nitrogens with one attached hydrogen (secondary N) is 2. The molecule has 6 nitrogen and oxygen atoms in total. The molecule has 3 unspecified atom stereocenters. The molecular formula is C20H30ClN3O3S. The molecule has 2 aliphatic rings. The van der Waals surface area contributed by atoms with Crippen LogP contribution in [0.25, 0.3) is 0 Å². The van der Waals surface area contributed by atoms with Gasteiger partial charge < -0.3 is 20.3 Å². The van der Waals surface area contributed by atoms with Gasteiger partial charge >= 0.3 is 0 Å². The number of benzene rings is 1. The normalized spacial score (nSPS) is 22.0. The fourth-order valence-corrected chi connectivity index (χ4v) is 4.23. The largest absolute Gasteiger partial charge is 0.484 e. The van der Waals surface area contributed by atoms with Crippen molar-refractivity contribution in [1.29, 1.82) is 0 Å². The van der Waals surface area contributed by atoms with Gasteiger partial charge in [0, 0.05) is 25.2 Å². The smallest absolute Gasteiger partial charge is 0.258 e. The van der Waals surface area contributed by atoms with Crippen molar-refractivity contribution in [1.82, 2.24) is 15.5 Å². The summed E-state index contributed by atoms with van der Waals surface area (Å²) in [5.41, 5.74) is 0. The van der Waals surface area contributed by atoms with E-state index >= 15 is 0 Å². The van der Waals surface area contributed by atoms with Crippen molar-refractivity contribution in [2.75, 3.05) is 31.7 Å². The highest BCUT2D eigenvalue weighted by atomic mass is 35.5. The summed E-state index contributed by atoms with van der Waals surface area (Å²) in [6.45, 7) is 1.42. The van der Waals surface area contributed by atoms with Gasteiger partial charge in [-0.05, 0) is 49.8 Å². The van der Waals surface area contributed by atoms with Gasteiger partial charge in [-0.1, -0.05) is 18.2 Å². The van der Waals surface area contributed by atoms with Crippen LogP contribution in [0.3, 0.4) is 0 Å². The molecule has 8 heteroatoms. The summed E-state index contributed by atoms with van der Waals surface area (Å²) in [5.74, 6) is 1.25. The lowest BCUT2D eigenvalue weighted by Gasteiger charge is -2.29. The Morgan fingerprint density at radius 2 is 2.00 bits per heavy atom. The third-order valence-corrected chi connectivity index (χ3v) is 5.84. The van der Waals surface area contributed by atoms with E-state index in [9.17, 15) is 9.59 Å². The number of amides is 2. The van der Waals surface area contributed by atoms with Crippen LogP contribution in [-0.2, 0) is 9.59 Å². The predicted octanol–water partition coefficient (Wildman–Crippen LogP) is 2.08. The molecule has 2 aliphatic heterocycles. The third kappa shape index (κ3) is 6.57. The van der Waals surface area contributed by atoms with Crippen molar-refractivity contribution >= 4 is 36.0 Å². The second-order valence-corrected chi connectivity index (χ2v) is 8.20. The van der Waals surface area contributed by atoms with E-state index in [1.807, 2.05) is 41.5 Å².